The molecule has 3 fully saturated rings. The largest absolute Gasteiger partial charge is 0.497 e. The maximum atomic E-state index is 11.9. The SMILES string of the molecule is C=CC1C[N+]2(Cc3cc(C)cc(Br)c3)CCC1C[C@@H]2[C@@H](O)c1ccnc2ccc(OC)cc12. The maximum absolute atomic E-state index is 11.9. The van der Waals surface area contributed by atoms with E-state index in [-0.39, 0.29) is 6.04 Å². The number of aliphatic hydroxyl groups is 1. The van der Waals surface area contributed by atoms with E-state index in [9.17, 15) is 5.11 Å². The zero-order valence-corrected chi connectivity index (χ0v) is 21.0. The summed E-state index contributed by atoms with van der Waals surface area (Å²) in [5.74, 6) is 1.88. The molecule has 3 saturated heterocycles. The van der Waals surface area contributed by atoms with Crippen LogP contribution in [-0.2, 0) is 6.54 Å². The number of hydrogen-bond donors (Lipinski definition) is 1. The van der Waals surface area contributed by atoms with Crippen LogP contribution in [0.5, 0.6) is 5.75 Å². The third-order valence-electron chi connectivity index (χ3n) is 7.94. The lowest BCUT2D eigenvalue weighted by molar-refractivity contribution is -0.984. The number of nitrogens with zero attached hydrogens (tertiary/aromatic N) is 2. The van der Waals surface area contributed by atoms with Gasteiger partial charge in [0.15, 0.2) is 0 Å². The molecule has 0 radical (unpaired) electrons. The summed E-state index contributed by atoms with van der Waals surface area (Å²) in [7, 11) is 1.68. The van der Waals surface area contributed by atoms with Gasteiger partial charge in [-0.15, -0.1) is 6.58 Å². The Kier molecular flexibility index (Phi) is 6.06. The molecule has 4 heterocycles. The van der Waals surface area contributed by atoms with Gasteiger partial charge in [-0.3, -0.25) is 4.98 Å². The molecule has 4 nitrogen and oxygen atoms in total. The summed E-state index contributed by atoms with van der Waals surface area (Å²) in [6.07, 6.45) is 5.61. The molecule has 1 aromatic heterocycles. The molecule has 0 spiro atoms. The van der Waals surface area contributed by atoms with Gasteiger partial charge in [0.05, 0.1) is 25.7 Å². The third kappa shape index (κ3) is 4.11. The van der Waals surface area contributed by atoms with Crippen molar-refractivity contribution in [1.82, 2.24) is 4.98 Å². The lowest BCUT2D eigenvalue weighted by Crippen LogP contribution is -2.67. The zero-order valence-electron chi connectivity index (χ0n) is 19.4. The number of halogens is 1. The first-order valence-electron chi connectivity index (χ1n) is 11.8. The molecule has 5 heteroatoms. The molecule has 0 saturated carbocycles. The highest BCUT2D eigenvalue weighted by Gasteiger charge is 2.54. The second-order valence-corrected chi connectivity index (χ2v) is 10.8. The number of quaternary nitrogens is 1. The van der Waals surface area contributed by atoms with E-state index in [0.29, 0.717) is 11.8 Å². The summed E-state index contributed by atoms with van der Waals surface area (Å²) < 4.78 is 7.49. The van der Waals surface area contributed by atoms with E-state index >= 15 is 0 Å². The highest BCUT2D eigenvalue weighted by molar-refractivity contribution is 9.10. The smallest absolute Gasteiger partial charge is 0.131 e. The highest BCUT2D eigenvalue weighted by atomic mass is 79.9. The predicted molar refractivity (Wildman–Crippen MR) is 136 cm³/mol. The molecule has 33 heavy (non-hydrogen) atoms. The zero-order chi connectivity index (χ0) is 23.2. The first-order valence-corrected chi connectivity index (χ1v) is 12.6. The Morgan fingerprint density at radius 3 is 2.88 bits per heavy atom. The van der Waals surface area contributed by atoms with E-state index in [0.717, 1.165) is 57.2 Å². The Bertz CT molecular complexity index is 1180. The molecule has 2 bridgehead atoms. The first-order chi connectivity index (χ1) is 15.9. The minimum absolute atomic E-state index is 0.135. The molecule has 0 aliphatic carbocycles. The minimum atomic E-state index is -0.565. The number of aliphatic hydroxyl groups excluding tert-OH is 1. The number of pyridine rings is 1. The summed E-state index contributed by atoms with van der Waals surface area (Å²) in [5.41, 5.74) is 4.42. The Morgan fingerprint density at radius 1 is 1.27 bits per heavy atom. The van der Waals surface area contributed by atoms with Crippen molar-refractivity contribution in [3.63, 3.8) is 0 Å². The fourth-order valence-electron chi connectivity index (χ4n) is 6.39. The Hall–Kier alpha value is -2.21. The van der Waals surface area contributed by atoms with Crippen molar-refractivity contribution < 1.29 is 14.3 Å². The molecule has 1 N–H and O–H groups in total. The highest BCUT2D eigenvalue weighted by Crippen LogP contribution is 2.48. The number of ether oxygens (including phenoxy) is 1. The lowest BCUT2D eigenvalue weighted by Gasteiger charge is -2.58. The van der Waals surface area contributed by atoms with E-state index in [4.69, 9.17) is 4.74 Å². The number of aryl methyl sites for hydroxylation is 1. The van der Waals surface area contributed by atoms with Gasteiger partial charge in [0.25, 0.3) is 0 Å². The monoisotopic (exact) mass is 507 g/mol. The summed E-state index contributed by atoms with van der Waals surface area (Å²) in [4.78, 5) is 4.53. The predicted octanol–water partition coefficient (Wildman–Crippen LogP) is 5.96. The topological polar surface area (TPSA) is 42.4 Å². The number of hydrogen-bond acceptors (Lipinski definition) is 3. The van der Waals surface area contributed by atoms with Gasteiger partial charge in [0.1, 0.15) is 24.4 Å². The van der Waals surface area contributed by atoms with E-state index in [1.54, 1.807) is 7.11 Å². The minimum Gasteiger partial charge on any atom is -0.497 e. The van der Waals surface area contributed by atoms with Gasteiger partial charge in [0, 0.05) is 40.4 Å². The molecule has 3 aliphatic heterocycles. The van der Waals surface area contributed by atoms with Crippen LogP contribution in [0, 0.1) is 18.8 Å². The van der Waals surface area contributed by atoms with Crippen LogP contribution in [0.3, 0.4) is 0 Å². The van der Waals surface area contributed by atoms with Crippen molar-refractivity contribution in [2.75, 3.05) is 20.2 Å². The number of fused-ring (bicyclic) bond motifs is 4. The van der Waals surface area contributed by atoms with Gasteiger partial charge in [-0.1, -0.05) is 28.1 Å². The van der Waals surface area contributed by atoms with Crippen molar-refractivity contribution in [1.29, 1.82) is 0 Å². The molecular weight excluding hydrogens is 476 g/mol. The van der Waals surface area contributed by atoms with Gasteiger partial charge in [0.2, 0.25) is 0 Å². The van der Waals surface area contributed by atoms with Crippen molar-refractivity contribution >= 4 is 26.8 Å². The van der Waals surface area contributed by atoms with Gasteiger partial charge in [-0.2, -0.15) is 0 Å². The molecule has 2 aromatic carbocycles. The Balaban J connectivity index is 1.57. The maximum Gasteiger partial charge on any atom is 0.131 e. The average Bonchev–Trinajstić information content (AvgIpc) is 2.82. The van der Waals surface area contributed by atoms with Crippen molar-refractivity contribution in [2.24, 2.45) is 11.8 Å². The van der Waals surface area contributed by atoms with Gasteiger partial charge in [-0.25, -0.2) is 0 Å². The first kappa shape index (κ1) is 22.6. The molecule has 0 amide bonds. The van der Waals surface area contributed by atoms with Crippen LogP contribution in [0.2, 0.25) is 0 Å². The fourth-order valence-corrected chi connectivity index (χ4v) is 7.04. The Labute approximate surface area is 204 Å². The van der Waals surface area contributed by atoms with Crippen LogP contribution in [0.15, 0.2) is 65.8 Å². The van der Waals surface area contributed by atoms with E-state index < -0.39 is 6.10 Å². The number of aromatic nitrogens is 1. The van der Waals surface area contributed by atoms with Crippen molar-refractivity contribution in [3.8, 4) is 5.75 Å². The number of benzene rings is 2. The van der Waals surface area contributed by atoms with Crippen LogP contribution in [0.25, 0.3) is 10.9 Å². The molecule has 3 unspecified atom stereocenters. The van der Waals surface area contributed by atoms with Crippen LogP contribution in [0.1, 0.15) is 35.6 Å². The molecule has 3 aromatic rings. The van der Waals surface area contributed by atoms with Crippen LogP contribution >= 0.6 is 15.9 Å². The van der Waals surface area contributed by atoms with E-state index in [1.165, 1.54) is 17.5 Å². The van der Waals surface area contributed by atoms with Crippen LogP contribution < -0.4 is 4.74 Å². The second-order valence-electron chi connectivity index (χ2n) is 9.90. The summed E-state index contributed by atoms with van der Waals surface area (Å²) in [6.45, 7) is 9.35. The Morgan fingerprint density at radius 2 is 2.12 bits per heavy atom. The van der Waals surface area contributed by atoms with Crippen molar-refractivity contribution in [2.45, 2.75) is 38.5 Å². The summed E-state index contributed by atoms with van der Waals surface area (Å²) in [6, 6.07) is 14.7. The molecule has 3 aliphatic rings. The molecular formula is C28H32BrN2O2+. The fraction of sp³-hybridized carbons (Fsp3) is 0.393. The van der Waals surface area contributed by atoms with E-state index in [2.05, 4.69) is 58.7 Å². The number of methoxy groups -OCH3 is 1. The van der Waals surface area contributed by atoms with E-state index in [1.807, 2.05) is 30.5 Å². The van der Waals surface area contributed by atoms with Gasteiger partial charge < -0.3 is 14.3 Å². The number of piperidine rings is 3. The number of rotatable bonds is 6. The molecule has 172 valence electrons. The molecule has 5 atom stereocenters. The third-order valence-corrected chi connectivity index (χ3v) is 8.40. The van der Waals surface area contributed by atoms with Gasteiger partial charge >= 0.3 is 0 Å². The van der Waals surface area contributed by atoms with Gasteiger partial charge in [-0.05, 0) is 60.4 Å². The van der Waals surface area contributed by atoms with Crippen LogP contribution in [0.4, 0.5) is 0 Å². The lowest BCUT2D eigenvalue weighted by atomic mass is 9.71. The summed E-state index contributed by atoms with van der Waals surface area (Å²) in [5, 5.41) is 12.9. The second kappa shape index (κ2) is 8.86. The average molecular weight is 508 g/mol. The van der Waals surface area contributed by atoms with Crippen molar-refractivity contribution in [3.05, 3.63) is 82.5 Å². The quantitative estimate of drug-likeness (QED) is 0.330. The normalized spacial score (nSPS) is 27.5. The standard InChI is InChI=1S/C28H32BrN2O2/c1-4-20-17-31(16-19-11-18(2)12-22(29)13-19)10-8-21(20)14-27(31)28(32)24-7-9-30-26-6-5-23(33-3)15-25(24)26/h4-7,9,11-13,15,20-21,27-28,32H,1,8,10,14,16-17H2,2-3H3/q+1/t20?,21?,27-,28+,31?/m1/s1. The van der Waals surface area contributed by atoms with Crippen LogP contribution in [-0.4, -0.2) is 40.8 Å². The molecule has 6 rings (SSSR count). The summed E-state index contributed by atoms with van der Waals surface area (Å²) >= 11 is 3.68.